The molecule has 0 saturated carbocycles. The standard InChI is InChI=1S/C14H22N4O2S.HI/c1-5-10-16-14(15-2)17-11-12-8-6-7-9-13(12)21(19,20)18(3)4;/h5-9H,1,10-11H2,2-4H3,(H2,15,16,17);1H. The van der Waals surface area contributed by atoms with Gasteiger partial charge in [-0.2, -0.15) is 0 Å². The van der Waals surface area contributed by atoms with E-state index < -0.39 is 10.0 Å². The first-order chi connectivity index (χ1) is 9.93. The minimum Gasteiger partial charge on any atom is -0.353 e. The highest BCUT2D eigenvalue weighted by molar-refractivity contribution is 14.0. The molecule has 0 radical (unpaired) electrons. The van der Waals surface area contributed by atoms with E-state index in [1.807, 2.05) is 6.07 Å². The number of hydrogen-bond acceptors (Lipinski definition) is 3. The molecule has 2 N–H and O–H groups in total. The van der Waals surface area contributed by atoms with Crippen molar-refractivity contribution in [3.63, 3.8) is 0 Å². The molecule has 0 fully saturated rings. The Morgan fingerprint density at radius 3 is 2.50 bits per heavy atom. The van der Waals surface area contributed by atoms with Crippen molar-refractivity contribution < 1.29 is 8.42 Å². The topological polar surface area (TPSA) is 73.8 Å². The molecule has 0 spiro atoms. The molecule has 8 heteroatoms. The molecule has 0 heterocycles. The van der Waals surface area contributed by atoms with Crippen LogP contribution < -0.4 is 10.6 Å². The van der Waals surface area contributed by atoms with Gasteiger partial charge in [0.05, 0.1) is 4.90 Å². The number of aliphatic imine (C=N–C) groups is 1. The van der Waals surface area contributed by atoms with Gasteiger partial charge in [0.1, 0.15) is 0 Å². The molecule has 0 aliphatic rings. The van der Waals surface area contributed by atoms with Gasteiger partial charge in [0.25, 0.3) is 0 Å². The predicted molar refractivity (Wildman–Crippen MR) is 101 cm³/mol. The van der Waals surface area contributed by atoms with E-state index in [0.717, 1.165) is 0 Å². The van der Waals surface area contributed by atoms with Crippen molar-refractivity contribution in [2.24, 2.45) is 4.99 Å². The molecule has 0 aliphatic carbocycles. The van der Waals surface area contributed by atoms with Crippen molar-refractivity contribution >= 4 is 40.0 Å². The van der Waals surface area contributed by atoms with Crippen LogP contribution in [-0.2, 0) is 16.6 Å². The number of halogens is 1. The quantitative estimate of drug-likeness (QED) is 0.305. The molecule has 124 valence electrons. The normalized spacial score (nSPS) is 11.7. The number of nitrogens with zero attached hydrogens (tertiary/aromatic N) is 2. The zero-order valence-electron chi connectivity index (χ0n) is 13.0. The Morgan fingerprint density at radius 2 is 1.95 bits per heavy atom. The zero-order chi connectivity index (χ0) is 15.9. The number of sulfonamides is 1. The van der Waals surface area contributed by atoms with Gasteiger partial charge < -0.3 is 10.6 Å². The number of hydrogen-bond donors (Lipinski definition) is 2. The molecule has 1 aromatic carbocycles. The lowest BCUT2D eigenvalue weighted by atomic mass is 10.2. The highest BCUT2D eigenvalue weighted by Gasteiger charge is 2.20. The predicted octanol–water partition coefficient (Wildman–Crippen LogP) is 1.41. The lowest BCUT2D eigenvalue weighted by Gasteiger charge is -2.16. The molecule has 0 bridgehead atoms. The first kappa shape index (κ1) is 20.9. The van der Waals surface area contributed by atoms with Gasteiger partial charge >= 0.3 is 0 Å². The molecule has 0 amide bonds. The Bertz CT molecular complexity index is 615. The summed E-state index contributed by atoms with van der Waals surface area (Å²) in [5, 5.41) is 6.11. The summed E-state index contributed by atoms with van der Waals surface area (Å²) in [7, 11) is 1.23. The van der Waals surface area contributed by atoms with E-state index in [1.165, 1.54) is 18.4 Å². The Labute approximate surface area is 149 Å². The van der Waals surface area contributed by atoms with Crippen molar-refractivity contribution in [2.45, 2.75) is 11.4 Å². The Hall–Kier alpha value is -1.13. The fraction of sp³-hybridized carbons (Fsp3) is 0.357. The van der Waals surface area contributed by atoms with E-state index in [4.69, 9.17) is 0 Å². The van der Waals surface area contributed by atoms with Crippen LogP contribution in [0.5, 0.6) is 0 Å². The molecule has 0 atom stereocenters. The molecule has 1 aromatic rings. The van der Waals surface area contributed by atoms with Gasteiger partial charge in [0, 0.05) is 34.2 Å². The number of rotatable bonds is 6. The Morgan fingerprint density at radius 1 is 1.32 bits per heavy atom. The Balaban J connectivity index is 0.00000441. The lowest BCUT2D eigenvalue weighted by Crippen LogP contribution is -2.37. The third-order valence-electron chi connectivity index (χ3n) is 2.81. The maximum atomic E-state index is 12.3. The molecule has 0 saturated heterocycles. The van der Waals surface area contributed by atoms with Gasteiger partial charge in [0.2, 0.25) is 10.0 Å². The van der Waals surface area contributed by atoms with Crippen LogP contribution in [0.2, 0.25) is 0 Å². The number of nitrogens with one attached hydrogen (secondary N) is 2. The minimum absolute atomic E-state index is 0. The highest BCUT2D eigenvalue weighted by atomic mass is 127. The summed E-state index contributed by atoms with van der Waals surface area (Å²) < 4.78 is 25.8. The summed E-state index contributed by atoms with van der Waals surface area (Å²) in [6.45, 7) is 4.56. The first-order valence-corrected chi connectivity index (χ1v) is 7.93. The van der Waals surface area contributed by atoms with Gasteiger partial charge in [-0.15, -0.1) is 30.6 Å². The second-order valence-corrected chi connectivity index (χ2v) is 6.61. The fourth-order valence-electron chi connectivity index (χ4n) is 1.67. The summed E-state index contributed by atoms with van der Waals surface area (Å²) in [6.07, 6.45) is 1.72. The summed E-state index contributed by atoms with van der Waals surface area (Å²) in [5.41, 5.74) is 0.688. The average molecular weight is 438 g/mol. The fourth-order valence-corrected chi connectivity index (χ4v) is 2.78. The van der Waals surface area contributed by atoms with Crippen molar-refractivity contribution in [2.75, 3.05) is 27.7 Å². The third-order valence-corrected chi connectivity index (χ3v) is 4.73. The van der Waals surface area contributed by atoms with Gasteiger partial charge in [0.15, 0.2) is 5.96 Å². The summed E-state index contributed by atoms with van der Waals surface area (Å²) >= 11 is 0. The summed E-state index contributed by atoms with van der Waals surface area (Å²) in [6, 6.07) is 6.91. The zero-order valence-corrected chi connectivity index (χ0v) is 16.2. The first-order valence-electron chi connectivity index (χ1n) is 6.49. The van der Waals surface area contributed by atoms with E-state index >= 15 is 0 Å². The lowest BCUT2D eigenvalue weighted by molar-refractivity contribution is 0.519. The van der Waals surface area contributed by atoms with Crippen LogP contribution >= 0.6 is 24.0 Å². The van der Waals surface area contributed by atoms with Crippen LogP contribution in [-0.4, -0.2) is 46.4 Å². The van der Waals surface area contributed by atoms with Crippen molar-refractivity contribution in [3.8, 4) is 0 Å². The molecule has 0 unspecified atom stereocenters. The van der Waals surface area contributed by atoms with Gasteiger partial charge in [-0.05, 0) is 11.6 Å². The van der Waals surface area contributed by atoms with Gasteiger partial charge in [-0.25, -0.2) is 12.7 Å². The van der Waals surface area contributed by atoms with Gasteiger partial charge in [-0.1, -0.05) is 24.3 Å². The van der Waals surface area contributed by atoms with E-state index in [2.05, 4.69) is 22.2 Å². The van der Waals surface area contributed by atoms with Gasteiger partial charge in [-0.3, -0.25) is 4.99 Å². The maximum absolute atomic E-state index is 12.3. The van der Waals surface area contributed by atoms with Crippen LogP contribution in [0, 0.1) is 0 Å². The Kier molecular flexibility index (Phi) is 9.30. The van der Waals surface area contributed by atoms with Crippen molar-refractivity contribution in [1.82, 2.24) is 14.9 Å². The monoisotopic (exact) mass is 438 g/mol. The van der Waals surface area contributed by atoms with Crippen molar-refractivity contribution in [3.05, 3.63) is 42.5 Å². The molecule has 0 aromatic heterocycles. The van der Waals surface area contributed by atoms with E-state index in [9.17, 15) is 8.42 Å². The molecule has 6 nitrogen and oxygen atoms in total. The smallest absolute Gasteiger partial charge is 0.242 e. The van der Waals surface area contributed by atoms with Crippen LogP contribution in [0.3, 0.4) is 0 Å². The largest absolute Gasteiger partial charge is 0.353 e. The molecule has 1 rings (SSSR count). The molecular formula is C14H23IN4O2S. The van der Waals surface area contributed by atoms with Crippen LogP contribution in [0.4, 0.5) is 0 Å². The second kappa shape index (κ2) is 9.80. The molecule has 0 aliphatic heterocycles. The average Bonchev–Trinajstić information content (AvgIpc) is 2.47. The summed E-state index contributed by atoms with van der Waals surface area (Å²) in [5.74, 6) is 0.590. The van der Waals surface area contributed by atoms with E-state index in [1.54, 1.807) is 31.3 Å². The van der Waals surface area contributed by atoms with Crippen molar-refractivity contribution in [1.29, 1.82) is 0 Å². The SMILES string of the molecule is C=CCNC(=NC)NCc1ccccc1S(=O)(=O)N(C)C.I. The third kappa shape index (κ3) is 5.58. The minimum atomic E-state index is -3.46. The van der Waals surface area contributed by atoms with E-state index in [-0.39, 0.29) is 24.0 Å². The maximum Gasteiger partial charge on any atom is 0.242 e. The summed E-state index contributed by atoms with van der Waals surface area (Å²) in [4.78, 5) is 4.35. The van der Waals surface area contributed by atoms with Crippen LogP contribution in [0.15, 0.2) is 46.8 Å². The van der Waals surface area contributed by atoms with Crippen LogP contribution in [0.1, 0.15) is 5.56 Å². The van der Waals surface area contributed by atoms with E-state index in [0.29, 0.717) is 29.5 Å². The molecular weight excluding hydrogens is 415 g/mol. The number of guanidine groups is 1. The highest BCUT2D eigenvalue weighted by Crippen LogP contribution is 2.18. The molecule has 22 heavy (non-hydrogen) atoms. The van der Waals surface area contributed by atoms with Crippen LogP contribution in [0.25, 0.3) is 0 Å². The number of benzene rings is 1. The second-order valence-electron chi connectivity index (χ2n) is 4.49.